The molecular formula is C16H26FN3. The first-order chi connectivity index (χ1) is 9.74. The van der Waals surface area contributed by atoms with Crippen LogP contribution in [0.25, 0.3) is 0 Å². The molecule has 1 aromatic heterocycles. The van der Waals surface area contributed by atoms with Gasteiger partial charge in [0.2, 0.25) is 0 Å². The molecule has 1 saturated heterocycles. The summed E-state index contributed by atoms with van der Waals surface area (Å²) in [4.78, 5) is 6.67. The summed E-state index contributed by atoms with van der Waals surface area (Å²) in [5.41, 5.74) is 0.982. The molecule has 0 aromatic carbocycles. The van der Waals surface area contributed by atoms with Crippen molar-refractivity contribution in [3.63, 3.8) is 0 Å². The van der Waals surface area contributed by atoms with Gasteiger partial charge in [0.05, 0.1) is 6.20 Å². The molecule has 0 aliphatic carbocycles. The summed E-state index contributed by atoms with van der Waals surface area (Å²) in [5, 5.41) is 3.35. The molecule has 4 heteroatoms. The van der Waals surface area contributed by atoms with E-state index in [1.807, 2.05) is 0 Å². The van der Waals surface area contributed by atoms with Gasteiger partial charge in [0.15, 0.2) is 0 Å². The van der Waals surface area contributed by atoms with E-state index in [2.05, 4.69) is 29.0 Å². The summed E-state index contributed by atoms with van der Waals surface area (Å²) in [6.07, 6.45) is 6.17. The first-order valence-electron chi connectivity index (χ1n) is 7.84. The Morgan fingerprint density at radius 3 is 3.00 bits per heavy atom. The van der Waals surface area contributed by atoms with Crippen LogP contribution in [0.3, 0.4) is 0 Å². The van der Waals surface area contributed by atoms with E-state index in [1.54, 1.807) is 6.07 Å². The number of hydrogen-bond donors (Lipinski definition) is 1. The molecule has 0 radical (unpaired) electrons. The van der Waals surface area contributed by atoms with E-state index >= 15 is 0 Å². The highest BCUT2D eigenvalue weighted by Gasteiger charge is 2.24. The largest absolute Gasteiger partial charge is 0.356 e. The van der Waals surface area contributed by atoms with Crippen molar-refractivity contribution in [3.8, 4) is 0 Å². The van der Waals surface area contributed by atoms with Crippen molar-refractivity contribution in [3.05, 3.63) is 23.6 Å². The maximum atomic E-state index is 13.4. The van der Waals surface area contributed by atoms with Gasteiger partial charge in [-0.3, -0.25) is 0 Å². The van der Waals surface area contributed by atoms with E-state index in [0.29, 0.717) is 6.54 Å². The highest BCUT2D eigenvalue weighted by Crippen LogP contribution is 2.27. The molecule has 20 heavy (non-hydrogen) atoms. The van der Waals surface area contributed by atoms with E-state index in [0.717, 1.165) is 43.4 Å². The fourth-order valence-corrected chi connectivity index (χ4v) is 2.96. The fraction of sp³-hybridized carbons (Fsp3) is 0.688. The Bertz CT molecular complexity index is 422. The van der Waals surface area contributed by atoms with Crippen molar-refractivity contribution in [2.45, 2.75) is 46.1 Å². The molecule has 112 valence electrons. The fourth-order valence-electron chi connectivity index (χ4n) is 2.96. The monoisotopic (exact) mass is 279 g/mol. The number of pyridine rings is 1. The van der Waals surface area contributed by atoms with E-state index in [-0.39, 0.29) is 5.82 Å². The van der Waals surface area contributed by atoms with Crippen LogP contribution in [0, 0.1) is 11.7 Å². The zero-order valence-electron chi connectivity index (χ0n) is 12.7. The average molecular weight is 279 g/mol. The van der Waals surface area contributed by atoms with Crippen LogP contribution >= 0.6 is 0 Å². The topological polar surface area (TPSA) is 28.2 Å². The minimum Gasteiger partial charge on any atom is -0.356 e. The Morgan fingerprint density at radius 1 is 1.40 bits per heavy atom. The van der Waals surface area contributed by atoms with Crippen LogP contribution in [0.2, 0.25) is 0 Å². The molecule has 1 atom stereocenters. The number of nitrogens with one attached hydrogen (secondary N) is 1. The summed E-state index contributed by atoms with van der Waals surface area (Å²) in [7, 11) is 0. The number of halogens is 1. The molecule has 2 heterocycles. The second kappa shape index (κ2) is 7.58. The van der Waals surface area contributed by atoms with Gasteiger partial charge in [0, 0.05) is 25.2 Å². The molecule has 3 nitrogen and oxygen atoms in total. The number of rotatable bonds is 7. The highest BCUT2D eigenvalue weighted by atomic mass is 19.1. The molecule has 1 unspecified atom stereocenters. The smallest absolute Gasteiger partial charge is 0.141 e. The molecule has 2 rings (SSSR count). The van der Waals surface area contributed by atoms with Gasteiger partial charge >= 0.3 is 0 Å². The van der Waals surface area contributed by atoms with Gasteiger partial charge in [-0.1, -0.05) is 20.3 Å². The van der Waals surface area contributed by atoms with E-state index < -0.39 is 0 Å². The van der Waals surface area contributed by atoms with Crippen molar-refractivity contribution in [1.29, 1.82) is 0 Å². The predicted molar refractivity (Wildman–Crippen MR) is 81.4 cm³/mol. The van der Waals surface area contributed by atoms with Gasteiger partial charge < -0.3 is 10.2 Å². The third kappa shape index (κ3) is 3.92. The van der Waals surface area contributed by atoms with E-state index in [4.69, 9.17) is 0 Å². The van der Waals surface area contributed by atoms with Gasteiger partial charge in [0.25, 0.3) is 0 Å². The molecule has 1 aromatic rings. The van der Waals surface area contributed by atoms with Crippen molar-refractivity contribution < 1.29 is 4.39 Å². The highest BCUT2D eigenvalue weighted by molar-refractivity contribution is 5.47. The van der Waals surface area contributed by atoms with E-state index in [1.165, 1.54) is 25.5 Å². The number of nitrogens with zero attached hydrogens (tertiary/aromatic N) is 2. The second-order valence-electron chi connectivity index (χ2n) is 5.70. The standard InChI is InChI=1S/C16H26FN3/c1-3-5-13-6-8-20(12-13)16-14(10-18-7-4-2)9-15(17)11-19-16/h9,11,13,18H,3-8,10,12H2,1-2H3. The SMILES string of the molecule is CCCNCc1cc(F)cnc1N1CCC(CCC)C1. The lowest BCUT2D eigenvalue weighted by atomic mass is 10.0. The minimum absolute atomic E-state index is 0.244. The summed E-state index contributed by atoms with van der Waals surface area (Å²) in [6, 6.07) is 1.62. The summed E-state index contributed by atoms with van der Waals surface area (Å²) in [6.45, 7) is 8.13. The molecule has 1 aliphatic heterocycles. The van der Waals surface area contributed by atoms with Gasteiger partial charge in [-0.15, -0.1) is 0 Å². The van der Waals surface area contributed by atoms with Crippen LogP contribution in [-0.2, 0) is 6.54 Å². The maximum Gasteiger partial charge on any atom is 0.141 e. The molecule has 0 saturated carbocycles. The molecule has 1 fully saturated rings. The lowest BCUT2D eigenvalue weighted by Crippen LogP contribution is -2.24. The number of hydrogen-bond acceptors (Lipinski definition) is 3. The normalized spacial score (nSPS) is 18.8. The quantitative estimate of drug-likeness (QED) is 0.776. The Kier molecular flexibility index (Phi) is 5.77. The second-order valence-corrected chi connectivity index (χ2v) is 5.70. The van der Waals surface area contributed by atoms with Crippen molar-refractivity contribution in [2.75, 3.05) is 24.5 Å². The lowest BCUT2D eigenvalue weighted by Gasteiger charge is -2.21. The maximum absolute atomic E-state index is 13.4. The Morgan fingerprint density at radius 2 is 2.25 bits per heavy atom. The van der Waals surface area contributed by atoms with Crippen LogP contribution in [-0.4, -0.2) is 24.6 Å². The van der Waals surface area contributed by atoms with Gasteiger partial charge in [0.1, 0.15) is 11.6 Å². The minimum atomic E-state index is -0.244. The summed E-state index contributed by atoms with van der Waals surface area (Å²) < 4.78 is 13.4. The van der Waals surface area contributed by atoms with Crippen LogP contribution in [0.15, 0.2) is 12.3 Å². The molecule has 1 N–H and O–H groups in total. The van der Waals surface area contributed by atoms with Crippen LogP contribution in [0.4, 0.5) is 10.2 Å². The van der Waals surface area contributed by atoms with Crippen molar-refractivity contribution in [1.82, 2.24) is 10.3 Å². The molecule has 1 aliphatic rings. The first kappa shape index (κ1) is 15.2. The molecular weight excluding hydrogens is 253 g/mol. The van der Waals surface area contributed by atoms with Crippen LogP contribution < -0.4 is 10.2 Å². The van der Waals surface area contributed by atoms with Crippen molar-refractivity contribution >= 4 is 5.82 Å². The lowest BCUT2D eigenvalue weighted by molar-refractivity contribution is 0.529. The predicted octanol–water partition coefficient (Wildman–Crippen LogP) is 3.35. The van der Waals surface area contributed by atoms with Gasteiger partial charge in [-0.2, -0.15) is 0 Å². The Labute approximate surface area is 121 Å². The first-order valence-corrected chi connectivity index (χ1v) is 7.84. The summed E-state index contributed by atoms with van der Waals surface area (Å²) >= 11 is 0. The van der Waals surface area contributed by atoms with Gasteiger partial charge in [-0.25, -0.2) is 9.37 Å². The van der Waals surface area contributed by atoms with Crippen LogP contribution in [0.5, 0.6) is 0 Å². The third-order valence-electron chi connectivity index (χ3n) is 3.93. The number of anilines is 1. The van der Waals surface area contributed by atoms with E-state index in [9.17, 15) is 4.39 Å². The third-order valence-corrected chi connectivity index (χ3v) is 3.93. The molecule has 0 bridgehead atoms. The van der Waals surface area contributed by atoms with Gasteiger partial charge in [-0.05, 0) is 37.8 Å². The zero-order valence-corrected chi connectivity index (χ0v) is 12.7. The molecule has 0 spiro atoms. The zero-order chi connectivity index (χ0) is 14.4. The average Bonchev–Trinajstić information content (AvgIpc) is 2.88. The Hall–Kier alpha value is -1.16. The van der Waals surface area contributed by atoms with Crippen LogP contribution in [0.1, 0.15) is 45.1 Å². The summed E-state index contributed by atoms with van der Waals surface area (Å²) in [5.74, 6) is 1.49. The number of aromatic nitrogens is 1. The molecule has 0 amide bonds. The Balaban J connectivity index is 2.06. The van der Waals surface area contributed by atoms with Crippen molar-refractivity contribution in [2.24, 2.45) is 5.92 Å².